The zero-order valence-electron chi connectivity index (χ0n) is 72.7. The number of hydrogen-bond donors (Lipinski definition) is 4. The predicted octanol–water partition coefficient (Wildman–Crippen LogP) is 28.1. The van der Waals surface area contributed by atoms with Gasteiger partial charge in [-0.3, -0.25) is 32.5 Å². The summed E-state index contributed by atoms with van der Waals surface area (Å²) in [6.45, 7) is 2.55. The maximum atomic E-state index is 13.1. The minimum Gasteiger partial charge on any atom is -0.463 e. The Labute approximate surface area is 701 Å². The van der Waals surface area contributed by atoms with Gasteiger partial charge in [-0.2, -0.15) is 0 Å². The van der Waals surface area contributed by atoms with Crippen LogP contribution in [0.15, 0.2) is 158 Å². The molecule has 0 aliphatic heterocycles. The Kier molecular flexibility index (Phi) is 84.7. The topological polar surface area (TPSA) is 231 Å². The van der Waals surface area contributed by atoms with Crippen LogP contribution in [0.1, 0.15) is 380 Å². The average Bonchev–Trinajstić information content (AvgIpc) is 0.908. The van der Waals surface area contributed by atoms with Gasteiger partial charge >= 0.3 is 33.6 Å². The highest BCUT2D eigenvalue weighted by molar-refractivity contribution is 7.47. The molecule has 0 rings (SSSR count). The number of aliphatic hydroxyl groups is 2. The van der Waals surface area contributed by atoms with Crippen LogP contribution in [-0.2, 0) is 55.8 Å². The van der Waals surface area contributed by atoms with Gasteiger partial charge in [-0.05, 0) is 154 Å². The van der Waals surface area contributed by atoms with Crippen LogP contribution in [0.5, 0.6) is 0 Å². The second-order valence-corrected chi connectivity index (χ2v) is 33.3. The molecular weight excluding hydrogens is 1480 g/mol. The number of phosphoric acid groups is 2. The first kappa shape index (κ1) is 110. The van der Waals surface area contributed by atoms with Crippen molar-refractivity contribution >= 4 is 33.6 Å². The average molecular weight is 1650 g/mol. The van der Waals surface area contributed by atoms with Gasteiger partial charge < -0.3 is 34.2 Å². The lowest BCUT2D eigenvalue weighted by atomic mass is 10.0. The standard InChI is InChI=1S/C97H166O16P2/c1-4-7-10-13-16-19-22-25-28-31-34-37-40-43-45-48-50-53-56-59-62-65-68-71-74-77-80-83-95(100)107-86-92(98)87-109-114(103,104)110-88-93(99)89-111-115(105,106)112-91-94(113-97(102)85-82-79-76-73-70-67-64-61-58-55-52-47-42-39-36-33-30-27-24-21-18-15-12-9-6-3)90-108-96(101)84-81-78-75-72-69-66-63-60-57-54-51-49-46-44-41-38-35-32-29-26-23-20-17-14-11-8-5-2/h7,10,16-21,25-30,34-39,43-47,52,92-94,98-99H,4-6,8-9,11-15,22-24,31-33,40-42,48-51,53-91H2,1-3H3,(H,103,104)(H,105,106)/b10-7-,19-16-,20-17-,21-18-,28-25-,29-26-,30-27-,37-34-,38-35-,39-36-,45-43-,46-44-,52-47-. The Bertz CT molecular complexity index is 2720. The Morgan fingerprint density at radius 2 is 0.461 bits per heavy atom. The summed E-state index contributed by atoms with van der Waals surface area (Å²) in [5.74, 6) is -1.58. The molecule has 18 heteroatoms. The van der Waals surface area contributed by atoms with Gasteiger partial charge in [0.2, 0.25) is 0 Å². The lowest BCUT2D eigenvalue weighted by Gasteiger charge is -2.21. The second-order valence-electron chi connectivity index (χ2n) is 30.4. The SMILES string of the molecule is CC/C=C\C/C=C\C/C=C\C/C=C\C/C=C\CCCCCCCCCCCCCC(=O)OCC(O)COP(=O)(O)OCC(O)COP(=O)(O)OCC(COC(=O)CCCCCCCCCCCCC/C=C\C/C=C\C/C=C\C/C=C\CCCCC)OC(=O)CCCCCCCCCCC/C=C\C/C=C\C/C=C\C/C=C\CCCCC. The summed E-state index contributed by atoms with van der Waals surface area (Å²) in [6, 6.07) is 0. The zero-order valence-corrected chi connectivity index (χ0v) is 74.5. The maximum Gasteiger partial charge on any atom is 0.472 e. The Balaban J connectivity index is 4.68. The number of aliphatic hydroxyl groups excluding tert-OH is 2. The van der Waals surface area contributed by atoms with E-state index in [0.29, 0.717) is 19.3 Å². The van der Waals surface area contributed by atoms with E-state index in [-0.39, 0.29) is 19.3 Å². The van der Waals surface area contributed by atoms with E-state index in [2.05, 4.69) is 179 Å². The first-order chi connectivity index (χ1) is 56.2. The molecule has 660 valence electrons. The molecule has 0 saturated carbocycles. The number of allylic oxidation sites excluding steroid dienone is 26. The molecular formula is C97H166O16P2. The molecule has 0 amide bonds. The van der Waals surface area contributed by atoms with Crippen LogP contribution in [0.4, 0.5) is 0 Å². The third-order valence-corrected chi connectivity index (χ3v) is 21.1. The number of ether oxygens (including phenoxy) is 3. The lowest BCUT2D eigenvalue weighted by molar-refractivity contribution is -0.161. The monoisotopic (exact) mass is 1650 g/mol. The molecule has 0 aliphatic carbocycles. The number of carbonyl (C=O) groups excluding carboxylic acids is 3. The summed E-state index contributed by atoms with van der Waals surface area (Å²) in [6.07, 6.45) is 113. The predicted molar refractivity (Wildman–Crippen MR) is 482 cm³/mol. The molecule has 5 unspecified atom stereocenters. The molecule has 16 nitrogen and oxygen atoms in total. The molecule has 0 spiro atoms. The van der Waals surface area contributed by atoms with Gasteiger partial charge in [0.15, 0.2) is 6.10 Å². The molecule has 0 aromatic carbocycles. The van der Waals surface area contributed by atoms with E-state index in [4.69, 9.17) is 32.3 Å². The Morgan fingerprint density at radius 1 is 0.252 bits per heavy atom. The summed E-state index contributed by atoms with van der Waals surface area (Å²) < 4.78 is 61.5. The number of carbonyl (C=O) groups is 3. The minimum atomic E-state index is -4.95. The van der Waals surface area contributed by atoms with Crippen molar-refractivity contribution in [1.82, 2.24) is 0 Å². The summed E-state index contributed by atoms with van der Waals surface area (Å²) in [5, 5.41) is 20.7. The smallest absolute Gasteiger partial charge is 0.463 e. The van der Waals surface area contributed by atoms with Gasteiger partial charge in [0.1, 0.15) is 25.4 Å². The highest BCUT2D eigenvalue weighted by Crippen LogP contribution is 2.45. The molecule has 0 fully saturated rings. The van der Waals surface area contributed by atoms with Crippen molar-refractivity contribution in [1.29, 1.82) is 0 Å². The van der Waals surface area contributed by atoms with Crippen LogP contribution in [0.2, 0.25) is 0 Å². The molecule has 0 aliphatic rings. The van der Waals surface area contributed by atoms with Crippen LogP contribution >= 0.6 is 15.6 Å². The quantitative estimate of drug-likeness (QED) is 0.0146. The first-order valence-electron chi connectivity index (χ1n) is 45.8. The summed E-state index contributed by atoms with van der Waals surface area (Å²) in [5.41, 5.74) is 0. The van der Waals surface area contributed by atoms with E-state index in [1.165, 1.54) is 161 Å². The van der Waals surface area contributed by atoms with Crippen molar-refractivity contribution in [2.45, 2.75) is 399 Å². The van der Waals surface area contributed by atoms with Gasteiger partial charge in [0.05, 0.1) is 26.4 Å². The maximum absolute atomic E-state index is 13.1. The summed E-state index contributed by atoms with van der Waals surface area (Å²) >= 11 is 0. The molecule has 0 aromatic heterocycles. The molecule has 115 heavy (non-hydrogen) atoms. The molecule has 0 heterocycles. The van der Waals surface area contributed by atoms with Crippen LogP contribution in [0.3, 0.4) is 0 Å². The van der Waals surface area contributed by atoms with Crippen molar-refractivity contribution in [3.05, 3.63) is 158 Å². The highest BCUT2D eigenvalue weighted by atomic mass is 31.2. The number of hydrogen-bond acceptors (Lipinski definition) is 14. The van der Waals surface area contributed by atoms with E-state index >= 15 is 0 Å². The van der Waals surface area contributed by atoms with Crippen molar-refractivity contribution in [2.24, 2.45) is 0 Å². The number of unbranched alkanes of at least 4 members (excludes halogenated alkanes) is 37. The van der Waals surface area contributed by atoms with Gasteiger partial charge in [-0.25, -0.2) is 9.13 Å². The number of phosphoric ester groups is 2. The first-order valence-corrected chi connectivity index (χ1v) is 48.8. The van der Waals surface area contributed by atoms with E-state index in [1.54, 1.807) is 0 Å². The summed E-state index contributed by atoms with van der Waals surface area (Å²) in [4.78, 5) is 59.0. The van der Waals surface area contributed by atoms with Gasteiger partial charge in [0.25, 0.3) is 0 Å². The largest absolute Gasteiger partial charge is 0.472 e. The fourth-order valence-electron chi connectivity index (χ4n) is 12.3. The van der Waals surface area contributed by atoms with Crippen LogP contribution in [-0.4, -0.2) is 95.9 Å². The Hall–Kier alpha value is -4.83. The molecule has 0 bridgehead atoms. The third kappa shape index (κ3) is 89.8. The number of rotatable bonds is 86. The fraction of sp³-hybridized carbons (Fsp3) is 0.701. The zero-order chi connectivity index (χ0) is 83.6. The molecule has 0 aromatic rings. The normalized spacial score (nSPS) is 14.5. The van der Waals surface area contributed by atoms with Crippen LogP contribution < -0.4 is 0 Å². The fourth-order valence-corrected chi connectivity index (χ4v) is 13.9. The van der Waals surface area contributed by atoms with Crippen molar-refractivity contribution < 1.29 is 75.8 Å². The lowest BCUT2D eigenvalue weighted by Crippen LogP contribution is -2.30. The van der Waals surface area contributed by atoms with Crippen molar-refractivity contribution in [2.75, 3.05) is 39.6 Å². The number of esters is 3. The van der Waals surface area contributed by atoms with Crippen LogP contribution in [0.25, 0.3) is 0 Å². The van der Waals surface area contributed by atoms with Crippen molar-refractivity contribution in [3.63, 3.8) is 0 Å². The van der Waals surface area contributed by atoms with E-state index in [1.807, 2.05) is 0 Å². The summed E-state index contributed by atoms with van der Waals surface area (Å²) in [7, 11) is -9.82. The van der Waals surface area contributed by atoms with Crippen molar-refractivity contribution in [3.8, 4) is 0 Å². The van der Waals surface area contributed by atoms with E-state index < -0.39 is 91.5 Å². The van der Waals surface area contributed by atoms with Gasteiger partial charge in [0, 0.05) is 19.3 Å². The Morgan fingerprint density at radius 3 is 0.730 bits per heavy atom. The molecule has 0 saturated heterocycles. The third-order valence-electron chi connectivity index (χ3n) is 19.2. The van der Waals surface area contributed by atoms with E-state index in [9.17, 15) is 43.5 Å². The second kappa shape index (κ2) is 88.5. The highest BCUT2D eigenvalue weighted by Gasteiger charge is 2.29. The van der Waals surface area contributed by atoms with Gasteiger partial charge in [-0.1, -0.05) is 365 Å². The van der Waals surface area contributed by atoms with Gasteiger partial charge in [-0.15, -0.1) is 0 Å². The van der Waals surface area contributed by atoms with E-state index in [0.717, 1.165) is 161 Å². The minimum absolute atomic E-state index is 0.0933. The molecule has 0 radical (unpaired) electrons. The van der Waals surface area contributed by atoms with Crippen LogP contribution in [0, 0.1) is 0 Å². The molecule has 5 atom stereocenters. The molecule has 4 N–H and O–H groups in total.